The molecule has 2 heteroatoms. The lowest BCUT2D eigenvalue weighted by atomic mass is 10.1. The predicted molar refractivity (Wildman–Crippen MR) is 59.5 cm³/mol. The molecule has 0 saturated carbocycles. The molecule has 0 aliphatic rings. The van der Waals surface area contributed by atoms with E-state index in [1.165, 1.54) is 0 Å². The summed E-state index contributed by atoms with van der Waals surface area (Å²) in [6.45, 7) is 15.0. The predicted octanol–water partition coefficient (Wildman–Crippen LogP) is 2.62. The molecule has 0 atom stereocenters. The zero-order valence-electron chi connectivity index (χ0n) is 10.1. The summed E-state index contributed by atoms with van der Waals surface area (Å²) < 4.78 is 0. The second-order valence-electron chi connectivity index (χ2n) is 5.45. The average Bonchev–Trinajstić information content (AvgIpc) is 1.79. The van der Waals surface area contributed by atoms with E-state index in [1.54, 1.807) is 0 Å². The number of nitrogens with one attached hydrogen (secondary N) is 2. The van der Waals surface area contributed by atoms with Crippen LogP contribution in [0.15, 0.2) is 11.9 Å². The third-order valence-corrected chi connectivity index (χ3v) is 1.31. The molecule has 0 unspecified atom stereocenters. The highest BCUT2D eigenvalue weighted by molar-refractivity contribution is 5.02. The Morgan fingerprint density at radius 3 is 1.31 bits per heavy atom. The monoisotopic (exact) mass is 184 g/mol. The maximum absolute atomic E-state index is 3.41. The maximum Gasteiger partial charge on any atom is 0.0950 e. The molecule has 0 bridgehead atoms. The Morgan fingerprint density at radius 2 is 1.15 bits per heavy atom. The van der Waals surface area contributed by atoms with Crippen molar-refractivity contribution in [2.24, 2.45) is 0 Å². The minimum Gasteiger partial charge on any atom is -0.368 e. The second-order valence-corrected chi connectivity index (χ2v) is 5.45. The van der Waals surface area contributed by atoms with Crippen molar-refractivity contribution in [3.05, 3.63) is 11.9 Å². The highest BCUT2D eigenvalue weighted by Crippen LogP contribution is 2.06. The van der Waals surface area contributed by atoms with Gasteiger partial charge in [0, 0.05) is 11.1 Å². The SMILES string of the molecule is CC=C(NC(C)(C)C)NC(C)(C)C. The quantitative estimate of drug-likeness (QED) is 0.689. The van der Waals surface area contributed by atoms with Crippen LogP contribution in [0.2, 0.25) is 0 Å². The molecule has 78 valence electrons. The third-order valence-electron chi connectivity index (χ3n) is 1.31. The first-order valence-electron chi connectivity index (χ1n) is 4.87. The Morgan fingerprint density at radius 1 is 0.846 bits per heavy atom. The topological polar surface area (TPSA) is 24.1 Å². The zero-order valence-corrected chi connectivity index (χ0v) is 10.1. The van der Waals surface area contributed by atoms with Crippen molar-refractivity contribution in [1.82, 2.24) is 10.6 Å². The number of allylic oxidation sites excluding steroid dienone is 1. The standard InChI is InChI=1S/C11H24N2/c1-8-9(12-10(2,3)4)13-11(5,6)7/h8,12-13H,1-7H3. The van der Waals surface area contributed by atoms with Crippen LogP contribution in [0.25, 0.3) is 0 Å². The minimum atomic E-state index is 0.111. The van der Waals surface area contributed by atoms with Gasteiger partial charge in [0.1, 0.15) is 0 Å². The van der Waals surface area contributed by atoms with E-state index in [0.29, 0.717) is 0 Å². The second kappa shape index (κ2) is 4.03. The van der Waals surface area contributed by atoms with E-state index in [2.05, 4.69) is 58.3 Å². The van der Waals surface area contributed by atoms with Crippen molar-refractivity contribution in [2.45, 2.75) is 59.5 Å². The molecule has 0 rings (SSSR count). The minimum absolute atomic E-state index is 0.111. The van der Waals surface area contributed by atoms with Crippen LogP contribution in [0.3, 0.4) is 0 Å². The molecule has 0 heterocycles. The lowest BCUT2D eigenvalue weighted by Crippen LogP contribution is -2.46. The van der Waals surface area contributed by atoms with Crippen LogP contribution in [0.1, 0.15) is 48.5 Å². The van der Waals surface area contributed by atoms with Crippen molar-refractivity contribution in [3.63, 3.8) is 0 Å². The van der Waals surface area contributed by atoms with Crippen LogP contribution in [0, 0.1) is 0 Å². The van der Waals surface area contributed by atoms with Gasteiger partial charge in [-0.2, -0.15) is 0 Å². The van der Waals surface area contributed by atoms with Gasteiger partial charge < -0.3 is 10.6 Å². The first-order chi connectivity index (χ1) is 5.64. The molecule has 13 heavy (non-hydrogen) atoms. The number of hydrogen-bond donors (Lipinski definition) is 2. The largest absolute Gasteiger partial charge is 0.368 e. The molecule has 2 N–H and O–H groups in total. The van der Waals surface area contributed by atoms with Gasteiger partial charge in [0.25, 0.3) is 0 Å². The van der Waals surface area contributed by atoms with Gasteiger partial charge in [0.2, 0.25) is 0 Å². The molecule has 0 spiro atoms. The fourth-order valence-electron chi connectivity index (χ4n) is 0.984. The fourth-order valence-corrected chi connectivity index (χ4v) is 0.984. The lowest BCUT2D eigenvalue weighted by Gasteiger charge is -2.30. The highest BCUT2D eigenvalue weighted by Gasteiger charge is 2.15. The molecule has 2 nitrogen and oxygen atoms in total. The van der Waals surface area contributed by atoms with Crippen LogP contribution in [0.5, 0.6) is 0 Å². The zero-order chi connectivity index (χ0) is 10.7. The third kappa shape index (κ3) is 7.69. The van der Waals surface area contributed by atoms with Crippen molar-refractivity contribution in [2.75, 3.05) is 0 Å². The van der Waals surface area contributed by atoms with Crippen LogP contribution in [0.4, 0.5) is 0 Å². The Bertz CT molecular complexity index is 161. The van der Waals surface area contributed by atoms with Crippen LogP contribution in [-0.2, 0) is 0 Å². The number of hydrogen-bond acceptors (Lipinski definition) is 2. The molecule has 0 radical (unpaired) electrons. The molecule has 0 aliphatic heterocycles. The van der Waals surface area contributed by atoms with Gasteiger partial charge in [-0.1, -0.05) is 0 Å². The summed E-state index contributed by atoms with van der Waals surface area (Å²) in [4.78, 5) is 0. The molecular formula is C11H24N2. The van der Waals surface area contributed by atoms with Gasteiger partial charge in [-0.05, 0) is 54.5 Å². The molecule has 0 aromatic carbocycles. The van der Waals surface area contributed by atoms with E-state index < -0.39 is 0 Å². The van der Waals surface area contributed by atoms with E-state index in [4.69, 9.17) is 0 Å². The first kappa shape index (κ1) is 12.3. The van der Waals surface area contributed by atoms with Gasteiger partial charge in [-0.15, -0.1) is 0 Å². The molecule has 0 amide bonds. The molecule has 0 aromatic heterocycles. The average molecular weight is 184 g/mol. The van der Waals surface area contributed by atoms with Gasteiger partial charge >= 0.3 is 0 Å². The van der Waals surface area contributed by atoms with E-state index >= 15 is 0 Å². The normalized spacial score (nSPS) is 12.2. The molecule has 0 aromatic rings. The van der Waals surface area contributed by atoms with Crippen molar-refractivity contribution in [3.8, 4) is 0 Å². The van der Waals surface area contributed by atoms with Crippen LogP contribution < -0.4 is 10.6 Å². The van der Waals surface area contributed by atoms with Gasteiger partial charge in [0.05, 0.1) is 5.82 Å². The van der Waals surface area contributed by atoms with Crippen molar-refractivity contribution in [1.29, 1.82) is 0 Å². The highest BCUT2D eigenvalue weighted by atomic mass is 15.1. The Kier molecular flexibility index (Phi) is 3.83. The Balaban J connectivity index is 4.24. The van der Waals surface area contributed by atoms with Crippen LogP contribution >= 0.6 is 0 Å². The summed E-state index contributed by atoms with van der Waals surface area (Å²) in [5, 5.41) is 6.82. The van der Waals surface area contributed by atoms with Gasteiger partial charge in [-0.25, -0.2) is 0 Å². The van der Waals surface area contributed by atoms with Crippen molar-refractivity contribution < 1.29 is 0 Å². The van der Waals surface area contributed by atoms with E-state index in [-0.39, 0.29) is 11.1 Å². The fraction of sp³-hybridized carbons (Fsp3) is 0.818. The summed E-state index contributed by atoms with van der Waals surface area (Å²) in [6.07, 6.45) is 2.07. The summed E-state index contributed by atoms with van der Waals surface area (Å²) in [5.41, 5.74) is 0.222. The summed E-state index contributed by atoms with van der Waals surface area (Å²) in [5.74, 6) is 1.10. The van der Waals surface area contributed by atoms with E-state index in [1.807, 2.05) is 6.92 Å². The van der Waals surface area contributed by atoms with E-state index in [0.717, 1.165) is 5.82 Å². The molecule has 0 fully saturated rings. The maximum atomic E-state index is 3.41. The lowest BCUT2D eigenvalue weighted by molar-refractivity contribution is 0.397. The van der Waals surface area contributed by atoms with Gasteiger partial charge in [-0.3, -0.25) is 0 Å². The number of rotatable bonds is 2. The molecule has 0 saturated heterocycles. The smallest absolute Gasteiger partial charge is 0.0950 e. The summed E-state index contributed by atoms with van der Waals surface area (Å²) >= 11 is 0. The van der Waals surface area contributed by atoms with E-state index in [9.17, 15) is 0 Å². The summed E-state index contributed by atoms with van der Waals surface area (Å²) in [7, 11) is 0. The molecular weight excluding hydrogens is 160 g/mol. The summed E-state index contributed by atoms with van der Waals surface area (Å²) in [6, 6.07) is 0. The van der Waals surface area contributed by atoms with Crippen LogP contribution in [-0.4, -0.2) is 11.1 Å². The van der Waals surface area contributed by atoms with Gasteiger partial charge in [0.15, 0.2) is 0 Å². The van der Waals surface area contributed by atoms with Crippen molar-refractivity contribution >= 4 is 0 Å². The Labute approximate surface area is 82.8 Å². The Hall–Kier alpha value is -0.660. The first-order valence-corrected chi connectivity index (χ1v) is 4.87. The molecule has 0 aliphatic carbocycles.